The van der Waals surface area contributed by atoms with E-state index in [1.165, 1.54) is 25.3 Å². The normalized spacial score (nSPS) is 11.2. The highest BCUT2D eigenvalue weighted by molar-refractivity contribution is 5.96. The van der Waals surface area contributed by atoms with Gasteiger partial charge in [0, 0.05) is 16.7 Å². The lowest BCUT2D eigenvalue weighted by atomic mass is 9.93. The van der Waals surface area contributed by atoms with E-state index < -0.39 is 17.7 Å². The van der Waals surface area contributed by atoms with Crippen LogP contribution in [0.3, 0.4) is 0 Å². The fourth-order valence-corrected chi connectivity index (χ4v) is 3.41. The van der Waals surface area contributed by atoms with E-state index in [9.17, 15) is 23.1 Å². The van der Waals surface area contributed by atoms with Crippen molar-refractivity contribution in [1.82, 2.24) is 0 Å². The third-order valence-corrected chi connectivity index (χ3v) is 4.84. The summed E-state index contributed by atoms with van der Waals surface area (Å²) in [6.45, 7) is 1.37. The summed E-state index contributed by atoms with van der Waals surface area (Å²) >= 11 is 0. The first kappa shape index (κ1) is 24.1. The number of alkyl halides is 3. The molecule has 0 aliphatic rings. The fourth-order valence-electron chi connectivity index (χ4n) is 3.41. The van der Waals surface area contributed by atoms with Gasteiger partial charge >= 0.3 is 12.1 Å². The first-order chi connectivity index (χ1) is 15.8. The van der Waals surface area contributed by atoms with E-state index in [0.29, 0.717) is 16.9 Å². The number of hydrogen-bond donors (Lipinski definition) is 1. The van der Waals surface area contributed by atoms with Crippen LogP contribution in [0.5, 0.6) is 11.5 Å². The Labute approximate surface area is 189 Å². The van der Waals surface area contributed by atoms with Gasteiger partial charge in [0.15, 0.2) is 0 Å². The molecular weight excluding hydrogens is 437 g/mol. The Balaban J connectivity index is 2.35. The number of aliphatic hydroxyl groups excluding tert-OH is 1. The monoisotopic (exact) mass is 460 g/mol. The number of esters is 1. The van der Waals surface area contributed by atoms with E-state index in [0.717, 1.165) is 12.1 Å². The summed E-state index contributed by atoms with van der Waals surface area (Å²) < 4.78 is 56.5. The molecule has 0 amide bonds. The largest absolute Gasteiger partial charge is 0.496 e. The number of aliphatic hydroxyl groups is 1. The van der Waals surface area contributed by atoms with Crippen LogP contribution in [-0.2, 0) is 10.9 Å². The van der Waals surface area contributed by atoms with Gasteiger partial charge < -0.3 is 19.3 Å². The Hall–Kier alpha value is -3.52. The number of ether oxygens (including phenoxy) is 3. The van der Waals surface area contributed by atoms with Gasteiger partial charge in [-0.1, -0.05) is 30.3 Å². The van der Waals surface area contributed by atoms with E-state index in [2.05, 4.69) is 0 Å². The fraction of sp³-hybridized carbons (Fsp3) is 0.240. The van der Waals surface area contributed by atoms with Crippen molar-refractivity contribution in [3.63, 3.8) is 0 Å². The summed E-state index contributed by atoms with van der Waals surface area (Å²) in [6.07, 6.45) is -4.55. The second-order valence-corrected chi connectivity index (χ2v) is 6.97. The summed E-state index contributed by atoms with van der Waals surface area (Å²) in [5, 5.41) is 9.34. The van der Waals surface area contributed by atoms with Crippen molar-refractivity contribution in [1.29, 1.82) is 0 Å². The molecule has 174 valence electrons. The van der Waals surface area contributed by atoms with Crippen molar-refractivity contribution in [2.75, 3.05) is 26.9 Å². The van der Waals surface area contributed by atoms with E-state index >= 15 is 0 Å². The average molecular weight is 460 g/mol. The molecule has 8 heteroatoms. The minimum Gasteiger partial charge on any atom is -0.496 e. The molecule has 3 aromatic carbocycles. The molecule has 0 unspecified atom stereocenters. The highest BCUT2D eigenvalue weighted by atomic mass is 19.4. The number of benzene rings is 3. The molecule has 0 bridgehead atoms. The zero-order valence-corrected chi connectivity index (χ0v) is 18.1. The van der Waals surface area contributed by atoms with Crippen molar-refractivity contribution in [2.24, 2.45) is 0 Å². The van der Waals surface area contributed by atoms with Crippen LogP contribution in [0.4, 0.5) is 13.2 Å². The lowest BCUT2D eigenvalue weighted by Gasteiger charge is -2.20. The topological polar surface area (TPSA) is 65.0 Å². The highest BCUT2D eigenvalue weighted by Crippen LogP contribution is 2.44. The molecule has 0 atom stereocenters. The van der Waals surface area contributed by atoms with Crippen LogP contribution in [0.2, 0.25) is 0 Å². The zero-order chi connectivity index (χ0) is 24.0. The molecule has 0 saturated heterocycles. The maximum atomic E-state index is 13.4. The summed E-state index contributed by atoms with van der Waals surface area (Å²) in [7, 11) is 1.48. The average Bonchev–Trinajstić information content (AvgIpc) is 2.82. The zero-order valence-electron chi connectivity index (χ0n) is 18.1. The molecule has 3 rings (SSSR count). The third kappa shape index (κ3) is 5.46. The van der Waals surface area contributed by atoms with E-state index in [1.54, 1.807) is 37.3 Å². The third-order valence-electron chi connectivity index (χ3n) is 4.84. The molecule has 33 heavy (non-hydrogen) atoms. The summed E-state index contributed by atoms with van der Waals surface area (Å²) in [6, 6.07) is 14.7. The minimum atomic E-state index is -4.55. The molecule has 0 radical (unpaired) electrons. The lowest BCUT2D eigenvalue weighted by Crippen LogP contribution is -2.09. The summed E-state index contributed by atoms with van der Waals surface area (Å²) in [5.74, 6) is 0.0545. The van der Waals surface area contributed by atoms with Gasteiger partial charge in [-0.05, 0) is 42.8 Å². The predicted molar refractivity (Wildman–Crippen MR) is 117 cm³/mol. The van der Waals surface area contributed by atoms with Crippen LogP contribution < -0.4 is 9.47 Å². The van der Waals surface area contributed by atoms with Gasteiger partial charge in [0.05, 0.1) is 31.5 Å². The van der Waals surface area contributed by atoms with Gasteiger partial charge in [-0.25, -0.2) is 4.79 Å². The number of rotatable bonds is 8. The van der Waals surface area contributed by atoms with Gasteiger partial charge in [0.1, 0.15) is 18.1 Å². The molecule has 5 nitrogen and oxygen atoms in total. The number of carbonyl (C=O) groups is 1. The Morgan fingerprint density at radius 3 is 2.36 bits per heavy atom. The molecule has 0 aromatic heterocycles. The Bertz CT molecular complexity index is 1130. The number of methoxy groups -OCH3 is 1. The van der Waals surface area contributed by atoms with Gasteiger partial charge in [-0.3, -0.25) is 0 Å². The van der Waals surface area contributed by atoms with Crippen molar-refractivity contribution in [2.45, 2.75) is 13.1 Å². The van der Waals surface area contributed by atoms with Crippen LogP contribution in [0.1, 0.15) is 22.8 Å². The van der Waals surface area contributed by atoms with Crippen molar-refractivity contribution < 1.29 is 37.3 Å². The van der Waals surface area contributed by atoms with E-state index in [-0.39, 0.29) is 42.3 Å². The first-order valence-electron chi connectivity index (χ1n) is 10.2. The van der Waals surface area contributed by atoms with Crippen LogP contribution >= 0.6 is 0 Å². The SMILES string of the molecule is CCOC(=O)c1cc(-c2cccc(C(F)(F)F)c2)c(OCCO)c(-c2ccccc2OC)c1. The number of carbonyl (C=O) groups excluding carboxylic acids is 1. The number of hydrogen-bond acceptors (Lipinski definition) is 5. The molecule has 0 aliphatic heterocycles. The van der Waals surface area contributed by atoms with Gasteiger partial charge in [-0.2, -0.15) is 13.2 Å². The molecule has 0 saturated carbocycles. The molecule has 3 aromatic rings. The summed E-state index contributed by atoms with van der Waals surface area (Å²) in [5.41, 5.74) is 0.724. The Kier molecular flexibility index (Phi) is 7.60. The quantitative estimate of drug-likeness (QED) is 0.444. The molecule has 0 heterocycles. The standard InChI is InChI=1S/C25H23F3O5/c1-3-32-24(30)17-14-20(16-7-6-8-18(13-16)25(26,27)28)23(33-12-11-29)21(15-17)19-9-4-5-10-22(19)31-2/h4-10,13-15,29H,3,11-12H2,1-2H3. The maximum Gasteiger partial charge on any atom is 0.416 e. The van der Waals surface area contributed by atoms with Crippen LogP contribution in [-0.4, -0.2) is 38.0 Å². The molecule has 0 spiro atoms. The highest BCUT2D eigenvalue weighted by Gasteiger charge is 2.31. The van der Waals surface area contributed by atoms with E-state index in [4.69, 9.17) is 14.2 Å². The second-order valence-electron chi connectivity index (χ2n) is 6.97. The van der Waals surface area contributed by atoms with Gasteiger partial charge in [-0.15, -0.1) is 0 Å². The van der Waals surface area contributed by atoms with Crippen LogP contribution in [0.15, 0.2) is 60.7 Å². The van der Waals surface area contributed by atoms with Crippen molar-refractivity contribution in [3.8, 4) is 33.8 Å². The van der Waals surface area contributed by atoms with Crippen LogP contribution in [0.25, 0.3) is 22.3 Å². The number of halogens is 3. The van der Waals surface area contributed by atoms with Crippen molar-refractivity contribution >= 4 is 5.97 Å². The maximum absolute atomic E-state index is 13.4. The minimum absolute atomic E-state index is 0.104. The first-order valence-corrected chi connectivity index (χ1v) is 10.2. The predicted octanol–water partition coefficient (Wildman–Crippen LogP) is 5.60. The van der Waals surface area contributed by atoms with Crippen molar-refractivity contribution in [3.05, 3.63) is 71.8 Å². The Morgan fingerprint density at radius 2 is 1.70 bits per heavy atom. The van der Waals surface area contributed by atoms with E-state index in [1.807, 2.05) is 0 Å². The molecular formula is C25H23F3O5. The summed E-state index contributed by atoms with van der Waals surface area (Å²) in [4.78, 5) is 12.6. The number of para-hydroxylation sites is 1. The molecule has 1 N–H and O–H groups in total. The molecule has 0 aliphatic carbocycles. The molecule has 0 fully saturated rings. The van der Waals surface area contributed by atoms with Crippen LogP contribution in [0, 0.1) is 0 Å². The second kappa shape index (κ2) is 10.4. The smallest absolute Gasteiger partial charge is 0.416 e. The van der Waals surface area contributed by atoms with Gasteiger partial charge in [0.25, 0.3) is 0 Å². The lowest BCUT2D eigenvalue weighted by molar-refractivity contribution is -0.137. The Morgan fingerprint density at radius 1 is 0.970 bits per heavy atom. The van der Waals surface area contributed by atoms with Gasteiger partial charge in [0.2, 0.25) is 0 Å².